The van der Waals surface area contributed by atoms with Gasteiger partial charge in [0, 0.05) is 23.0 Å². The first-order valence-corrected chi connectivity index (χ1v) is 19.6. The van der Waals surface area contributed by atoms with Crippen molar-refractivity contribution in [1.29, 1.82) is 0 Å². The summed E-state index contributed by atoms with van der Waals surface area (Å²) in [7, 11) is 1.02. The zero-order valence-corrected chi connectivity index (χ0v) is 32.2. The van der Waals surface area contributed by atoms with Crippen molar-refractivity contribution in [2.75, 3.05) is 13.7 Å². The molecule has 59 heavy (non-hydrogen) atoms. The average molecular weight is 873 g/mol. The number of carbonyl (C=O) groups is 3. The number of alkyl halides is 12. The van der Waals surface area contributed by atoms with E-state index in [0.29, 0.717) is 6.42 Å². The lowest BCUT2D eigenvalue weighted by molar-refractivity contribution is -0.403. The lowest BCUT2D eigenvalue weighted by Gasteiger charge is -2.59. The molecule has 11 atom stereocenters. The van der Waals surface area contributed by atoms with E-state index in [0.717, 1.165) is 7.11 Å². The molecule has 0 radical (unpaired) electrons. The SMILES string of the molecule is C=C(C)C(=O)OC1C2CCCCC2C(C(O)(C(F)(F)F)C(F)(F)F)C2CCC(/C=C(/CC(=O)OC)C(=O)OCC3CC4CC3CC4CC(O)(C(F)(F)F)C(F)(F)F)CC21. The normalized spacial score (nSPS) is 33.2. The Bertz CT molecular complexity index is 1590. The molecular formula is C39H48F12O8. The second kappa shape index (κ2) is 16.7. The summed E-state index contributed by atoms with van der Waals surface area (Å²) in [5.74, 6) is -13.6. The summed E-state index contributed by atoms with van der Waals surface area (Å²) in [6, 6.07) is 0. The molecule has 0 aromatic heterocycles. The molecule has 20 heteroatoms. The first-order chi connectivity index (χ1) is 27.1. The quantitative estimate of drug-likeness (QED) is 0.0917. The molecule has 2 bridgehead atoms. The van der Waals surface area contributed by atoms with Gasteiger partial charge in [-0.25, -0.2) is 9.59 Å². The van der Waals surface area contributed by atoms with Gasteiger partial charge in [0.15, 0.2) is 0 Å². The van der Waals surface area contributed by atoms with Gasteiger partial charge in [0.25, 0.3) is 11.2 Å². The van der Waals surface area contributed by atoms with Crippen molar-refractivity contribution in [2.45, 2.75) is 126 Å². The Morgan fingerprint density at radius 2 is 1.24 bits per heavy atom. The fourth-order valence-electron chi connectivity index (χ4n) is 11.2. The number of allylic oxidation sites excluding steroid dienone is 1. The summed E-state index contributed by atoms with van der Waals surface area (Å²) in [6.07, 6.45) is -26.0. The van der Waals surface area contributed by atoms with E-state index in [1.165, 1.54) is 13.0 Å². The lowest BCUT2D eigenvalue weighted by atomic mass is 9.49. The van der Waals surface area contributed by atoms with Crippen LogP contribution in [0.3, 0.4) is 0 Å². The smallest absolute Gasteiger partial charge is 0.426 e. The first kappa shape index (κ1) is 47.0. The van der Waals surface area contributed by atoms with Gasteiger partial charge in [-0.2, -0.15) is 52.7 Å². The zero-order valence-electron chi connectivity index (χ0n) is 32.2. The van der Waals surface area contributed by atoms with Gasteiger partial charge < -0.3 is 24.4 Å². The van der Waals surface area contributed by atoms with E-state index in [-0.39, 0.29) is 75.5 Å². The van der Waals surface area contributed by atoms with Gasteiger partial charge in [-0.15, -0.1) is 0 Å². The molecule has 0 aliphatic heterocycles. The second-order valence-electron chi connectivity index (χ2n) is 17.3. The minimum Gasteiger partial charge on any atom is -0.469 e. The van der Waals surface area contributed by atoms with Gasteiger partial charge in [0.05, 0.1) is 20.1 Å². The third kappa shape index (κ3) is 8.99. The van der Waals surface area contributed by atoms with Gasteiger partial charge in [-0.1, -0.05) is 25.5 Å². The van der Waals surface area contributed by atoms with E-state index in [9.17, 15) is 77.3 Å². The van der Waals surface area contributed by atoms with Crippen molar-refractivity contribution in [1.82, 2.24) is 0 Å². The van der Waals surface area contributed by atoms with E-state index in [2.05, 4.69) is 6.58 Å². The summed E-state index contributed by atoms with van der Waals surface area (Å²) < 4.78 is 183. The minimum absolute atomic E-state index is 0.0661. The Hall–Kier alpha value is -3.03. The maximum absolute atomic E-state index is 14.5. The molecule has 5 aliphatic rings. The van der Waals surface area contributed by atoms with Crippen molar-refractivity contribution in [3.05, 3.63) is 23.8 Å². The number of esters is 3. The summed E-state index contributed by atoms with van der Waals surface area (Å²) in [4.78, 5) is 38.8. The van der Waals surface area contributed by atoms with E-state index in [1.54, 1.807) is 0 Å². The van der Waals surface area contributed by atoms with Gasteiger partial charge in [-0.3, -0.25) is 4.79 Å². The molecule has 11 unspecified atom stereocenters. The number of fused-ring (bicyclic) bond motifs is 4. The maximum Gasteiger partial charge on any atom is 0.426 e. The monoisotopic (exact) mass is 872 g/mol. The molecule has 0 saturated heterocycles. The Labute approximate surface area is 332 Å². The molecule has 5 rings (SSSR count). The third-order valence-corrected chi connectivity index (χ3v) is 13.9. The highest BCUT2D eigenvalue weighted by Crippen LogP contribution is 2.63. The Kier molecular flexibility index (Phi) is 13.3. The maximum atomic E-state index is 14.5. The van der Waals surface area contributed by atoms with Crippen LogP contribution in [0.5, 0.6) is 0 Å². The molecule has 0 heterocycles. The lowest BCUT2D eigenvalue weighted by Crippen LogP contribution is -2.69. The molecule has 0 spiro atoms. The van der Waals surface area contributed by atoms with Crippen molar-refractivity contribution in [2.24, 2.45) is 59.2 Å². The van der Waals surface area contributed by atoms with Gasteiger partial charge in [-0.05, 0) is 112 Å². The van der Waals surface area contributed by atoms with E-state index in [4.69, 9.17) is 14.2 Å². The van der Waals surface area contributed by atoms with Crippen LogP contribution in [0.15, 0.2) is 23.8 Å². The van der Waals surface area contributed by atoms with Crippen molar-refractivity contribution >= 4 is 17.9 Å². The van der Waals surface area contributed by atoms with Crippen LogP contribution < -0.4 is 0 Å². The molecule has 336 valence electrons. The molecule has 0 aromatic rings. The number of carbonyl (C=O) groups excluding carboxylic acids is 3. The van der Waals surface area contributed by atoms with Crippen molar-refractivity contribution < 1.29 is 91.5 Å². The van der Waals surface area contributed by atoms with E-state index in [1.807, 2.05) is 0 Å². The number of aliphatic hydroxyl groups is 2. The molecule has 0 amide bonds. The van der Waals surface area contributed by atoms with Crippen LogP contribution in [0, 0.1) is 59.2 Å². The minimum atomic E-state index is -6.12. The Morgan fingerprint density at radius 1 is 0.695 bits per heavy atom. The zero-order chi connectivity index (χ0) is 44.3. The predicted molar refractivity (Wildman–Crippen MR) is 180 cm³/mol. The molecule has 0 aromatic carbocycles. The third-order valence-electron chi connectivity index (χ3n) is 13.9. The number of methoxy groups -OCH3 is 1. The van der Waals surface area contributed by atoms with Crippen LogP contribution >= 0.6 is 0 Å². The van der Waals surface area contributed by atoms with Crippen LogP contribution in [-0.2, 0) is 28.6 Å². The summed E-state index contributed by atoms with van der Waals surface area (Å²) >= 11 is 0. The molecule has 5 fully saturated rings. The first-order valence-electron chi connectivity index (χ1n) is 19.6. The molecule has 5 aliphatic carbocycles. The van der Waals surface area contributed by atoms with Crippen molar-refractivity contribution in [3.63, 3.8) is 0 Å². The topological polar surface area (TPSA) is 119 Å². The molecule has 8 nitrogen and oxygen atoms in total. The second-order valence-corrected chi connectivity index (χ2v) is 17.3. The number of hydrogen-bond donors (Lipinski definition) is 2. The van der Waals surface area contributed by atoms with Crippen LogP contribution in [0.4, 0.5) is 52.7 Å². The number of halogens is 12. The van der Waals surface area contributed by atoms with Gasteiger partial charge >= 0.3 is 42.6 Å². The standard InChI is InChI=1S/C39H48F12O8/c1-18(2)32(53)59-31-27-7-5-4-6-25(27)30(35(56,38(46,47)48)39(49,50)51)26-9-8-19(11-28(26)31)10-22(15-29(52)57-3)33(54)58-17-24-14-20-12-21(24)13-23(20)16-34(55,36(40,41)42)37(43,44)45/h10,19-21,23-28,30-31,55-56H,1,4-9,11-17H2,2-3H3/b22-10-. The van der Waals surface area contributed by atoms with E-state index >= 15 is 0 Å². The highest BCUT2D eigenvalue weighted by atomic mass is 19.4. The Morgan fingerprint density at radius 3 is 1.75 bits per heavy atom. The fraction of sp³-hybridized carbons (Fsp3) is 0.821. The van der Waals surface area contributed by atoms with Gasteiger partial charge in [0.2, 0.25) is 0 Å². The number of hydrogen-bond acceptors (Lipinski definition) is 8. The number of rotatable bonds is 11. The fourth-order valence-corrected chi connectivity index (χ4v) is 11.2. The average Bonchev–Trinajstić information content (AvgIpc) is 3.71. The summed E-state index contributed by atoms with van der Waals surface area (Å²) in [5.41, 5.74) is -10.3. The van der Waals surface area contributed by atoms with Crippen LogP contribution in [0.25, 0.3) is 0 Å². The highest BCUT2D eigenvalue weighted by Gasteiger charge is 2.78. The Balaban J connectivity index is 1.38. The van der Waals surface area contributed by atoms with Crippen LogP contribution in [0.1, 0.15) is 84.0 Å². The predicted octanol–water partition coefficient (Wildman–Crippen LogP) is 8.74. The van der Waals surface area contributed by atoms with Crippen LogP contribution in [-0.4, -0.2) is 83.8 Å². The van der Waals surface area contributed by atoms with Gasteiger partial charge in [0.1, 0.15) is 6.10 Å². The van der Waals surface area contributed by atoms with Crippen LogP contribution in [0.2, 0.25) is 0 Å². The molecular weight excluding hydrogens is 824 g/mol. The molecule has 2 N–H and O–H groups in total. The van der Waals surface area contributed by atoms with Crippen molar-refractivity contribution in [3.8, 4) is 0 Å². The highest BCUT2D eigenvalue weighted by molar-refractivity contribution is 5.94. The number of ether oxygens (including phenoxy) is 3. The summed E-state index contributed by atoms with van der Waals surface area (Å²) in [6.45, 7) is 4.53. The molecule has 5 saturated carbocycles. The summed E-state index contributed by atoms with van der Waals surface area (Å²) in [5, 5.41) is 20.6. The largest absolute Gasteiger partial charge is 0.469 e. The van der Waals surface area contributed by atoms with E-state index < -0.39 is 132 Å².